The molecule has 2 aromatic carbocycles. The second kappa shape index (κ2) is 14.0. The quantitative estimate of drug-likeness (QED) is 0.354. The van der Waals surface area contributed by atoms with Crippen LogP contribution in [0.1, 0.15) is 45.6 Å². The van der Waals surface area contributed by atoms with E-state index in [1.54, 1.807) is 18.2 Å². The minimum atomic E-state index is -3.67. The van der Waals surface area contributed by atoms with Crippen LogP contribution < -0.4 is 9.62 Å². The minimum Gasteiger partial charge on any atom is -0.354 e. The first-order valence-electron chi connectivity index (χ1n) is 12.1. The highest BCUT2D eigenvalue weighted by Crippen LogP contribution is 2.27. The van der Waals surface area contributed by atoms with Gasteiger partial charge in [-0.2, -0.15) is 0 Å². The molecule has 0 bridgehead atoms. The van der Waals surface area contributed by atoms with E-state index >= 15 is 0 Å². The van der Waals surface area contributed by atoms with Crippen molar-refractivity contribution in [3.63, 3.8) is 0 Å². The maximum absolute atomic E-state index is 13.5. The highest BCUT2D eigenvalue weighted by Gasteiger charge is 2.30. The number of nitrogens with one attached hydrogen (secondary N) is 1. The molecule has 1 atom stereocenters. The van der Waals surface area contributed by atoms with Crippen molar-refractivity contribution in [3.05, 3.63) is 63.9 Å². The molecule has 0 saturated carbocycles. The molecule has 0 saturated heterocycles. The second-order valence-electron chi connectivity index (χ2n) is 9.20. The number of carbonyl (C=O) groups excluding carboxylic acids is 2. The number of anilines is 1. The standard InChI is InChI=1S/C26H34Cl2FN3O4S/c1-5-24(26(34)30-16-18(2)3)31(17-21-22(27)8-6-9-23(21)28)25(33)10-7-15-32(37(4,35)36)20-13-11-19(29)12-14-20/h6,8-9,11-14,18,24H,5,7,10,15-17H2,1-4H3,(H,30,34). The van der Waals surface area contributed by atoms with Crippen molar-refractivity contribution in [2.75, 3.05) is 23.7 Å². The Labute approximate surface area is 229 Å². The first-order valence-corrected chi connectivity index (χ1v) is 14.7. The molecule has 1 unspecified atom stereocenters. The molecule has 2 aromatic rings. The summed E-state index contributed by atoms with van der Waals surface area (Å²) >= 11 is 12.7. The number of halogens is 3. The van der Waals surface area contributed by atoms with Crippen LogP contribution in [0.5, 0.6) is 0 Å². The van der Waals surface area contributed by atoms with Gasteiger partial charge in [0, 0.05) is 41.7 Å². The molecule has 2 rings (SSSR count). The number of sulfonamides is 1. The molecule has 0 aromatic heterocycles. The lowest BCUT2D eigenvalue weighted by Crippen LogP contribution is -2.49. The van der Waals surface area contributed by atoms with E-state index < -0.39 is 21.9 Å². The molecule has 0 radical (unpaired) electrons. The monoisotopic (exact) mass is 573 g/mol. The summed E-state index contributed by atoms with van der Waals surface area (Å²) < 4.78 is 39.2. The fraction of sp³-hybridized carbons (Fsp3) is 0.462. The van der Waals surface area contributed by atoms with Crippen molar-refractivity contribution in [2.45, 2.75) is 52.6 Å². The Morgan fingerprint density at radius 1 is 1.05 bits per heavy atom. The van der Waals surface area contributed by atoms with Gasteiger partial charge in [-0.3, -0.25) is 13.9 Å². The van der Waals surface area contributed by atoms with E-state index in [4.69, 9.17) is 23.2 Å². The number of rotatable bonds is 13. The zero-order valence-corrected chi connectivity index (χ0v) is 23.8. The molecular formula is C26H34Cl2FN3O4S. The summed E-state index contributed by atoms with van der Waals surface area (Å²) in [7, 11) is -3.67. The van der Waals surface area contributed by atoms with Crippen LogP contribution in [0.4, 0.5) is 10.1 Å². The smallest absolute Gasteiger partial charge is 0.242 e. The molecule has 0 aliphatic carbocycles. The van der Waals surface area contributed by atoms with Gasteiger partial charge in [-0.15, -0.1) is 0 Å². The SMILES string of the molecule is CCC(C(=O)NCC(C)C)N(Cc1c(Cl)cccc1Cl)C(=O)CCCN(c1ccc(F)cc1)S(C)(=O)=O. The first-order chi connectivity index (χ1) is 17.3. The Kier molecular flexibility index (Phi) is 11.7. The van der Waals surface area contributed by atoms with Crippen molar-refractivity contribution in [2.24, 2.45) is 5.92 Å². The minimum absolute atomic E-state index is 0.00718. The van der Waals surface area contributed by atoms with E-state index in [0.29, 0.717) is 34.3 Å². The fourth-order valence-electron chi connectivity index (χ4n) is 3.81. The van der Waals surface area contributed by atoms with E-state index in [2.05, 4.69) is 5.32 Å². The summed E-state index contributed by atoms with van der Waals surface area (Å²) in [6.07, 6.45) is 1.57. The van der Waals surface area contributed by atoms with Gasteiger partial charge in [0.15, 0.2) is 0 Å². The lowest BCUT2D eigenvalue weighted by atomic mass is 10.1. The van der Waals surface area contributed by atoms with E-state index in [-0.39, 0.29) is 43.7 Å². The number of carbonyl (C=O) groups is 2. The third-order valence-corrected chi connectivity index (χ3v) is 7.63. The van der Waals surface area contributed by atoms with Crippen LogP contribution in [-0.2, 0) is 26.2 Å². The van der Waals surface area contributed by atoms with Crippen molar-refractivity contribution in [3.8, 4) is 0 Å². The number of benzene rings is 2. The molecule has 11 heteroatoms. The number of hydrogen-bond acceptors (Lipinski definition) is 4. The maximum Gasteiger partial charge on any atom is 0.242 e. The Bertz CT molecular complexity index is 1160. The number of amides is 2. The van der Waals surface area contributed by atoms with Crippen LogP contribution in [0.15, 0.2) is 42.5 Å². The van der Waals surface area contributed by atoms with Gasteiger partial charge < -0.3 is 10.2 Å². The van der Waals surface area contributed by atoms with Gasteiger partial charge >= 0.3 is 0 Å². The summed E-state index contributed by atoms with van der Waals surface area (Å²) in [6, 6.07) is 9.36. The highest BCUT2D eigenvalue weighted by molar-refractivity contribution is 7.92. The van der Waals surface area contributed by atoms with Crippen LogP contribution in [0, 0.1) is 11.7 Å². The van der Waals surface area contributed by atoms with Crippen molar-refractivity contribution in [1.82, 2.24) is 10.2 Å². The van der Waals surface area contributed by atoms with Gasteiger partial charge in [-0.05, 0) is 55.2 Å². The largest absolute Gasteiger partial charge is 0.354 e. The molecule has 0 aliphatic rings. The summed E-state index contributed by atoms with van der Waals surface area (Å²) in [6.45, 7) is 6.26. The summed E-state index contributed by atoms with van der Waals surface area (Å²) in [5.41, 5.74) is 0.828. The van der Waals surface area contributed by atoms with Gasteiger partial charge in [0.1, 0.15) is 11.9 Å². The molecule has 37 heavy (non-hydrogen) atoms. The maximum atomic E-state index is 13.5. The molecule has 0 heterocycles. The molecular weight excluding hydrogens is 540 g/mol. The third-order valence-electron chi connectivity index (χ3n) is 5.73. The molecule has 0 aliphatic heterocycles. The average Bonchev–Trinajstić information content (AvgIpc) is 2.82. The molecule has 0 fully saturated rings. The molecule has 2 amide bonds. The normalized spacial score (nSPS) is 12.3. The lowest BCUT2D eigenvalue weighted by Gasteiger charge is -2.32. The van der Waals surface area contributed by atoms with Crippen LogP contribution in [0.25, 0.3) is 0 Å². The van der Waals surface area contributed by atoms with Crippen molar-refractivity contribution >= 4 is 50.7 Å². The Morgan fingerprint density at radius 3 is 2.16 bits per heavy atom. The van der Waals surface area contributed by atoms with E-state index in [1.165, 1.54) is 29.2 Å². The molecule has 7 nitrogen and oxygen atoms in total. The molecule has 0 spiro atoms. The first kappa shape index (κ1) is 30.9. The number of hydrogen-bond donors (Lipinski definition) is 1. The van der Waals surface area contributed by atoms with E-state index in [1.807, 2.05) is 20.8 Å². The Balaban J connectivity index is 2.26. The van der Waals surface area contributed by atoms with Crippen LogP contribution >= 0.6 is 23.2 Å². The molecule has 204 valence electrons. The fourth-order valence-corrected chi connectivity index (χ4v) is 5.29. The summed E-state index contributed by atoms with van der Waals surface area (Å²) in [5, 5.41) is 3.64. The van der Waals surface area contributed by atoms with E-state index in [0.717, 1.165) is 10.6 Å². The van der Waals surface area contributed by atoms with Crippen LogP contribution in [-0.4, -0.2) is 50.5 Å². The highest BCUT2D eigenvalue weighted by atomic mass is 35.5. The Morgan fingerprint density at radius 2 is 1.65 bits per heavy atom. The molecule has 1 N–H and O–H groups in total. The average molecular weight is 575 g/mol. The summed E-state index contributed by atoms with van der Waals surface area (Å²) in [4.78, 5) is 27.9. The van der Waals surface area contributed by atoms with Crippen molar-refractivity contribution in [1.29, 1.82) is 0 Å². The predicted octanol–water partition coefficient (Wildman–Crippen LogP) is 5.26. The van der Waals surface area contributed by atoms with Gasteiger partial charge in [0.2, 0.25) is 21.8 Å². The van der Waals surface area contributed by atoms with Crippen molar-refractivity contribution < 1.29 is 22.4 Å². The van der Waals surface area contributed by atoms with E-state index in [9.17, 15) is 22.4 Å². The van der Waals surface area contributed by atoms with Gasteiger partial charge in [0.05, 0.1) is 11.9 Å². The number of nitrogens with zero attached hydrogens (tertiary/aromatic N) is 2. The third kappa shape index (κ3) is 9.16. The Hall–Kier alpha value is -2.36. The van der Waals surface area contributed by atoms with Gasteiger partial charge in [-0.25, -0.2) is 12.8 Å². The van der Waals surface area contributed by atoms with Crippen LogP contribution in [0.2, 0.25) is 10.0 Å². The van der Waals surface area contributed by atoms with Gasteiger partial charge in [0.25, 0.3) is 0 Å². The predicted molar refractivity (Wildman–Crippen MR) is 147 cm³/mol. The topological polar surface area (TPSA) is 86.8 Å². The lowest BCUT2D eigenvalue weighted by molar-refractivity contribution is -0.141. The second-order valence-corrected chi connectivity index (χ2v) is 11.9. The summed E-state index contributed by atoms with van der Waals surface area (Å²) in [5.74, 6) is -0.869. The van der Waals surface area contributed by atoms with Gasteiger partial charge in [-0.1, -0.05) is 50.0 Å². The zero-order chi connectivity index (χ0) is 27.8. The zero-order valence-electron chi connectivity index (χ0n) is 21.5. The van der Waals surface area contributed by atoms with Crippen LogP contribution in [0.3, 0.4) is 0 Å².